The number of hydrogen-bond donors (Lipinski definition) is 1. The molecule has 2 rings (SSSR count). The van der Waals surface area contributed by atoms with E-state index in [4.69, 9.17) is 10.5 Å². The van der Waals surface area contributed by atoms with Crippen molar-refractivity contribution < 1.29 is 9.53 Å². The summed E-state index contributed by atoms with van der Waals surface area (Å²) in [6.45, 7) is 0.367. The van der Waals surface area contributed by atoms with E-state index in [1.54, 1.807) is 0 Å². The highest BCUT2D eigenvalue weighted by molar-refractivity contribution is 6.00. The lowest BCUT2D eigenvalue weighted by atomic mass is 9.70. The van der Waals surface area contributed by atoms with Gasteiger partial charge >= 0.3 is 0 Å². The van der Waals surface area contributed by atoms with Crippen LogP contribution >= 0.6 is 0 Å². The molecule has 0 aromatic carbocycles. The summed E-state index contributed by atoms with van der Waals surface area (Å²) >= 11 is 0. The normalized spacial score (nSPS) is 18.3. The number of methoxy groups -OCH3 is 1. The van der Waals surface area contributed by atoms with Crippen LogP contribution < -0.4 is 10.5 Å². The lowest BCUT2D eigenvalue weighted by Crippen LogP contribution is -2.41. The summed E-state index contributed by atoms with van der Waals surface area (Å²) in [5.41, 5.74) is 5.70. The summed E-state index contributed by atoms with van der Waals surface area (Å²) < 4.78 is 5.11. The van der Waals surface area contributed by atoms with Gasteiger partial charge in [0.25, 0.3) is 0 Å². The van der Waals surface area contributed by atoms with Gasteiger partial charge in [0.2, 0.25) is 5.88 Å². The summed E-state index contributed by atoms with van der Waals surface area (Å²) in [5, 5.41) is 0. The zero-order valence-corrected chi connectivity index (χ0v) is 10.7. The van der Waals surface area contributed by atoms with E-state index in [1.165, 1.54) is 25.9 Å². The Morgan fingerprint density at radius 3 is 2.61 bits per heavy atom. The van der Waals surface area contributed by atoms with Crippen LogP contribution in [0.4, 0.5) is 0 Å². The molecule has 0 atom stereocenters. The fourth-order valence-electron chi connectivity index (χ4n) is 2.63. The number of carbonyl (C=O) groups is 1. The van der Waals surface area contributed by atoms with Crippen LogP contribution in [0.3, 0.4) is 0 Å². The number of carbonyl (C=O) groups excluding carboxylic acids is 1. The first kappa shape index (κ1) is 13.0. The molecule has 0 spiro atoms. The summed E-state index contributed by atoms with van der Waals surface area (Å²) in [5.74, 6) is 0.274. The molecule has 1 aromatic rings. The maximum Gasteiger partial charge on any atom is 0.243 e. The number of Topliss-reactive ketones (excluding diaryl/α,β-unsaturated/α-hetero) is 1. The summed E-state index contributed by atoms with van der Waals surface area (Å²) in [6, 6.07) is 0. The molecule has 1 saturated carbocycles. The Labute approximate surface area is 107 Å². The van der Waals surface area contributed by atoms with Gasteiger partial charge in [0.15, 0.2) is 11.5 Å². The van der Waals surface area contributed by atoms with Crippen molar-refractivity contribution >= 4 is 5.78 Å². The number of rotatable bonds is 4. The molecule has 1 heterocycles. The Balaban J connectivity index is 2.33. The predicted octanol–water partition coefficient (Wildman–Crippen LogP) is 1.58. The van der Waals surface area contributed by atoms with Gasteiger partial charge in [0, 0.05) is 24.4 Å². The van der Waals surface area contributed by atoms with Crippen molar-refractivity contribution in [3.63, 3.8) is 0 Å². The van der Waals surface area contributed by atoms with Crippen LogP contribution in [-0.2, 0) is 0 Å². The number of ketones is 1. The standard InChI is InChI=1S/C13H19N3O2/c1-18-12-10(15-7-8-16-12)11(17)13(9-14)5-3-2-4-6-13/h7-8H,2-6,9,14H2,1H3. The molecular formula is C13H19N3O2. The third-order valence-electron chi connectivity index (χ3n) is 3.76. The van der Waals surface area contributed by atoms with Crippen LogP contribution in [0.5, 0.6) is 5.88 Å². The van der Waals surface area contributed by atoms with Gasteiger partial charge in [-0.3, -0.25) is 4.79 Å². The minimum absolute atomic E-state index is 0.0188. The first-order chi connectivity index (χ1) is 8.73. The van der Waals surface area contributed by atoms with Crippen molar-refractivity contribution in [2.75, 3.05) is 13.7 Å². The number of ether oxygens (including phenoxy) is 1. The quantitative estimate of drug-likeness (QED) is 0.820. The van der Waals surface area contributed by atoms with Crippen LogP contribution in [0, 0.1) is 5.41 Å². The average molecular weight is 249 g/mol. The average Bonchev–Trinajstić information content (AvgIpc) is 2.47. The van der Waals surface area contributed by atoms with Crippen molar-refractivity contribution in [3.05, 3.63) is 18.1 Å². The van der Waals surface area contributed by atoms with Crippen LogP contribution in [0.15, 0.2) is 12.4 Å². The molecule has 0 unspecified atom stereocenters. The SMILES string of the molecule is COc1nccnc1C(=O)C1(CN)CCCCC1. The first-order valence-electron chi connectivity index (χ1n) is 6.33. The van der Waals surface area contributed by atoms with E-state index in [2.05, 4.69) is 9.97 Å². The van der Waals surface area contributed by atoms with Crippen LogP contribution in [0.25, 0.3) is 0 Å². The number of nitrogens with zero attached hydrogens (tertiary/aromatic N) is 2. The van der Waals surface area contributed by atoms with Crippen LogP contribution in [0.2, 0.25) is 0 Å². The fraction of sp³-hybridized carbons (Fsp3) is 0.615. The molecule has 1 fully saturated rings. The Kier molecular flexibility index (Phi) is 3.91. The monoisotopic (exact) mass is 249 g/mol. The summed E-state index contributed by atoms with van der Waals surface area (Å²) in [6.07, 6.45) is 7.97. The minimum Gasteiger partial charge on any atom is -0.479 e. The second kappa shape index (κ2) is 5.44. The van der Waals surface area contributed by atoms with Gasteiger partial charge < -0.3 is 10.5 Å². The predicted molar refractivity (Wildman–Crippen MR) is 67.5 cm³/mol. The van der Waals surface area contributed by atoms with Gasteiger partial charge in [-0.25, -0.2) is 9.97 Å². The van der Waals surface area contributed by atoms with Crippen LogP contribution in [0.1, 0.15) is 42.6 Å². The second-order valence-corrected chi connectivity index (χ2v) is 4.79. The second-order valence-electron chi connectivity index (χ2n) is 4.79. The van der Waals surface area contributed by atoms with Crippen LogP contribution in [-0.4, -0.2) is 29.4 Å². The zero-order chi connectivity index (χ0) is 13.0. The summed E-state index contributed by atoms with van der Waals surface area (Å²) in [7, 11) is 1.50. The molecule has 1 aliphatic carbocycles. The molecule has 1 aromatic heterocycles. The van der Waals surface area contributed by atoms with E-state index < -0.39 is 5.41 Å². The number of hydrogen-bond acceptors (Lipinski definition) is 5. The minimum atomic E-state index is -0.471. The number of nitrogens with two attached hydrogens (primary N) is 1. The molecule has 5 heteroatoms. The third-order valence-corrected chi connectivity index (χ3v) is 3.76. The molecule has 5 nitrogen and oxygen atoms in total. The zero-order valence-electron chi connectivity index (χ0n) is 10.7. The van der Waals surface area contributed by atoms with E-state index in [9.17, 15) is 4.79 Å². The van der Waals surface area contributed by atoms with Gasteiger partial charge in [-0.05, 0) is 12.8 Å². The molecule has 1 aliphatic rings. The molecule has 18 heavy (non-hydrogen) atoms. The maximum absolute atomic E-state index is 12.7. The van der Waals surface area contributed by atoms with E-state index in [1.807, 2.05) is 0 Å². The van der Waals surface area contributed by atoms with Gasteiger partial charge in [-0.15, -0.1) is 0 Å². The van der Waals surface area contributed by atoms with E-state index in [0.29, 0.717) is 18.1 Å². The Bertz CT molecular complexity index is 428. The fourth-order valence-corrected chi connectivity index (χ4v) is 2.63. The largest absolute Gasteiger partial charge is 0.479 e. The molecule has 2 N–H and O–H groups in total. The lowest BCUT2D eigenvalue weighted by Gasteiger charge is -2.34. The molecule has 0 bridgehead atoms. The van der Waals surface area contributed by atoms with E-state index in [0.717, 1.165) is 25.7 Å². The highest BCUT2D eigenvalue weighted by Gasteiger charge is 2.40. The van der Waals surface area contributed by atoms with Gasteiger partial charge in [-0.1, -0.05) is 19.3 Å². The number of aromatic nitrogens is 2. The molecule has 0 aliphatic heterocycles. The topological polar surface area (TPSA) is 78.1 Å². The molecule has 0 amide bonds. The van der Waals surface area contributed by atoms with Crippen molar-refractivity contribution in [1.29, 1.82) is 0 Å². The smallest absolute Gasteiger partial charge is 0.243 e. The summed E-state index contributed by atoms with van der Waals surface area (Å²) in [4.78, 5) is 20.8. The molecular weight excluding hydrogens is 230 g/mol. The van der Waals surface area contributed by atoms with Crippen molar-refractivity contribution in [2.24, 2.45) is 11.1 Å². The van der Waals surface area contributed by atoms with Gasteiger partial charge in [-0.2, -0.15) is 0 Å². The molecule has 98 valence electrons. The van der Waals surface area contributed by atoms with Crippen molar-refractivity contribution in [1.82, 2.24) is 9.97 Å². The first-order valence-corrected chi connectivity index (χ1v) is 6.33. The van der Waals surface area contributed by atoms with Gasteiger partial charge in [0.1, 0.15) is 0 Å². The van der Waals surface area contributed by atoms with Crippen molar-refractivity contribution in [2.45, 2.75) is 32.1 Å². The Hall–Kier alpha value is -1.49. The van der Waals surface area contributed by atoms with E-state index in [-0.39, 0.29) is 5.78 Å². The highest BCUT2D eigenvalue weighted by atomic mass is 16.5. The Morgan fingerprint density at radius 1 is 1.33 bits per heavy atom. The molecule has 0 radical (unpaired) electrons. The van der Waals surface area contributed by atoms with Crippen molar-refractivity contribution in [3.8, 4) is 5.88 Å². The van der Waals surface area contributed by atoms with Gasteiger partial charge in [0.05, 0.1) is 7.11 Å². The molecule has 0 saturated heterocycles. The van der Waals surface area contributed by atoms with E-state index >= 15 is 0 Å². The highest BCUT2D eigenvalue weighted by Crippen LogP contribution is 2.39. The third kappa shape index (κ3) is 2.22. The lowest BCUT2D eigenvalue weighted by molar-refractivity contribution is 0.0719. The Morgan fingerprint density at radius 2 is 2.00 bits per heavy atom. The maximum atomic E-state index is 12.7.